The molecule has 0 heterocycles. The number of amides is 1. The molecule has 0 saturated heterocycles. The van der Waals surface area contributed by atoms with Crippen LogP contribution in [0.1, 0.15) is 19.3 Å². The number of rotatable bonds is 6. The molecule has 6 heteroatoms. The van der Waals surface area contributed by atoms with Crippen molar-refractivity contribution in [3.05, 3.63) is 41.5 Å². The predicted octanol–water partition coefficient (Wildman–Crippen LogP) is 1.93. The third-order valence-electron chi connectivity index (χ3n) is 3.16. The van der Waals surface area contributed by atoms with E-state index in [1.165, 1.54) is 6.07 Å². The SMILES string of the molecule is O=C(NCC(O)COc1ccc(F)c(F)c1)C1=CCCC1. The van der Waals surface area contributed by atoms with Gasteiger partial charge in [-0.05, 0) is 31.4 Å². The Bertz CT molecular complexity index is 546. The van der Waals surface area contributed by atoms with Crippen molar-refractivity contribution in [2.45, 2.75) is 25.4 Å². The number of nitrogens with one attached hydrogen (secondary N) is 1. The molecule has 1 aliphatic rings. The van der Waals surface area contributed by atoms with E-state index < -0.39 is 17.7 Å². The normalized spacial score (nSPS) is 15.5. The molecule has 0 aliphatic heterocycles. The van der Waals surface area contributed by atoms with E-state index in [1.807, 2.05) is 6.08 Å². The quantitative estimate of drug-likeness (QED) is 0.843. The highest BCUT2D eigenvalue weighted by atomic mass is 19.2. The molecule has 1 unspecified atom stereocenters. The van der Waals surface area contributed by atoms with Crippen LogP contribution in [0.3, 0.4) is 0 Å². The molecule has 1 aliphatic carbocycles. The molecule has 114 valence electrons. The first-order chi connectivity index (χ1) is 10.1. The molecule has 0 aromatic heterocycles. The van der Waals surface area contributed by atoms with Gasteiger partial charge in [0.25, 0.3) is 0 Å². The van der Waals surface area contributed by atoms with Gasteiger partial charge in [0.15, 0.2) is 11.6 Å². The molecule has 4 nitrogen and oxygen atoms in total. The van der Waals surface area contributed by atoms with Gasteiger partial charge in [0.2, 0.25) is 5.91 Å². The fourth-order valence-corrected chi connectivity index (χ4v) is 2.02. The minimum Gasteiger partial charge on any atom is -0.491 e. The molecule has 0 radical (unpaired) electrons. The molecule has 0 spiro atoms. The highest BCUT2D eigenvalue weighted by Gasteiger charge is 2.14. The second-order valence-corrected chi connectivity index (χ2v) is 4.87. The summed E-state index contributed by atoms with van der Waals surface area (Å²) in [6.45, 7) is -0.0791. The lowest BCUT2D eigenvalue weighted by molar-refractivity contribution is -0.118. The zero-order valence-corrected chi connectivity index (χ0v) is 11.4. The number of aliphatic hydroxyl groups excluding tert-OH is 1. The number of hydrogen-bond donors (Lipinski definition) is 2. The van der Waals surface area contributed by atoms with Crippen LogP contribution in [-0.4, -0.2) is 30.3 Å². The van der Waals surface area contributed by atoms with Crippen molar-refractivity contribution in [1.29, 1.82) is 0 Å². The van der Waals surface area contributed by atoms with Crippen LogP contribution in [0.2, 0.25) is 0 Å². The summed E-state index contributed by atoms with van der Waals surface area (Å²) in [7, 11) is 0. The van der Waals surface area contributed by atoms with E-state index >= 15 is 0 Å². The summed E-state index contributed by atoms with van der Waals surface area (Å²) in [4.78, 5) is 11.7. The fraction of sp³-hybridized carbons (Fsp3) is 0.400. The lowest BCUT2D eigenvalue weighted by atomic mass is 10.2. The first kappa shape index (κ1) is 15.4. The van der Waals surface area contributed by atoms with Crippen molar-refractivity contribution in [1.82, 2.24) is 5.32 Å². The van der Waals surface area contributed by atoms with Crippen LogP contribution >= 0.6 is 0 Å². The first-order valence-corrected chi connectivity index (χ1v) is 6.79. The summed E-state index contributed by atoms with van der Waals surface area (Å²) in [6.07, 6.45) is 3.60. The summed E-state index contributed by atoms with van der Waals surface area (Å²) in [6, 6.07) is 3.13. The van der Waals surface area contributed by atoms with E-state index in [1.54, 1.807) is 0 Å². The molecule has 0 fully saturated rings. The minimum atomic E-state index is -1.01. The molecule has 2 rings (SSSR count). The zero-order valence-electron chi connectivity index (χ0n) is 11.4. The summed E-state index contributed by atoms with van der Waals surface area (Å²) in [5.41, 5.74) is 0.740. The highest BCUT2D eigenvalue weighted by Crippen LogP contribution is 2.17. The van der Waals surface area contributed by atoms with Crippen molar-refractivity contribution < 1.29 is 23.4 Å². The molecule has 21 heavy (non-hydrogen) atoms. The van der Waals surface area contributed by atoms with Gasteiger partial charge in [-0.2, -0.15) is 0 Å². The smallest absolute Gasteiger partial charge is 0.246 e. The lowest BCUT2D eigenvalue weighted by Gasteiger charge is -2.13. The number of carbonyl (C=O) groups excluding carboxylic acids is 1. The Balaban J connectivity index is 1.73. The van der Waals surface area contributed by atoms with Gasteiger partial charge in [-0.3, -0.25) is 4.79 Å². The first-order valence-electron chi connectivity index (χ1n) is 6.79. The second-order valence-electron chi connectivity index (χ2n) is 4.87. The molecule has 1 aromatic rings. The van der Waals surface area contributed by atoms with Gasteiger partial charge < -0.3 is 15.2 Å². The van der Waals surface area contributed by atoms with Crippen molar-refractivity contribution in [2.75, 3.05) is 13.2 Å². The van der Waals surface area contributed by atoms with Gasteiger partial charge in [-0.25, -0.2) is 8.78 Å². The molecule has 1 aromatic carbocycles. The maximum atomic E-state index is 12.9. The molecular formula is C15H17F2NO3. The van der Waals surface area contributed by atoms with Crippen molar-refractivity contribution >= 4 is 5.91 Å². The van der Waals surface area contributed by atoms with Gasteiger partial charge in [0.05, 0.1) is 0 Å². The average Bonchev–Trinajstić information content (AvgIpc) is 3.00. The molecule has 1 atom stereocenters. The van der Waals surface area contributed by atoms with Crippen LogP contribution < -0.4 is 10.1 Å². The van der Waals surface area contributed by atoms with Gasteiger partial charge >= 0.3 is 0 Å². The second kappa shape index (κ2) is 7.17. The number of carbonyl (C=O) groups is 1. The van der Waals surface area contributed by atoms with Crippen LogP contribution in [-0.2, 0) is 4.79 Å². The monoisotopic (exact) mass is 297 g/mol. The summed E-state index contributed by atoms with van der Waals surface area (Å²) >= 11 is 0. The topological polar surface area (TPSA) is 58.6 Å². The minimum absolute atomic E-state index is 0.0415. The molecule has 1 amide bonds. The number of halogens is 2. The van der Waals surface area contributed by atoms with Crippen LogP contribution in [0.15, 0.2) is 29.8 Å². The maximum Gasteiger partial charge on any atom is 0.246 e. The average molecular weight is 297 g/mol. The highest BCUT2D eigenvalue weighted by molar-refractivity contribution is 5.93. The summed E-state index contributed by atoms with van der Waals surface area (Å²) in [5.74, 6) is -2.03. The molecule has 0 bridgehead atoms. The zero-order chi connectivity index (χ0) is 15.2. The number of ether oxygens (including phenoxy) is 1. The molecule has 0 saturated carbocycles. The van der Waals surface area contributed by atoms with Gasteiger partial charge in [0, 0.05) is 18.2 Å². The van der Waals surface area contributed by atoms with E-state index in [0.717, 1.165) is 37.0 Å². The van der Waals surface area contributed by atoms with Crippen LogP contribution in [0.25, 0.3) is 0 Å². The number of benzene rings is 1. The predicted molar refractivity (Wildman–Crippen MR) is 72.8 cm³/mol. The Morgan fingerprint density at radius 1 is 1.38 bits per heavy atom. The third-order valence-corrected chi connectivity index (χ3v) is 3.16. The van der Waals surface area contributed by atoms with Crippen molar-refractivity contribution in [2.24, 2.45) is 0 Å². The van der Waals surface area contributed by atoms with E-state index in [-0.39, 0.29) is 24.8 Å². The Labute approximate surface area is 121 Å². The Hall–Kier alpha value is -1.95. The summed E-state index contributed by atoms with van der Waals surface area (Å²) in [5, 5.41) is 12.3. The Morgan fingerprint density at radius 2 is 2.19 bits per heavy atom. The fourth-order valence-electron chi connectivity index (χ4n) is 2.02. The van der Waals surface area contributed by atoms with Gasteiger partial charge in [-0.1, -0.05) is 6.08 Å². The summed E-state index contributed by atoms with van der Waals surface area (Å²) < 4.78 is 30.8. The standard InChI is InChI=1S/C15H17F2NO3/c16-13-6-5-12(7-14(13)17)21-9-11(19)8-18-15(20)10-3-1-2-4-10/h3,5-7,11,19H,1-2,4,8-9H2,(H,18,20). The van der Waals surface area contributed by atoms with Crippen LogP contribution in [0.4, 0.5) is 8.78 Å². The van der Waals surface area contributed by atoms with E-state index in [0.29, 0.717) is 0 Å². The largest absolute Gasteiger partial charge is 0.491 e. The Morgan fingerprint density at radius 3 is 2.86 bits per heavy atom. The van der Waals surface area contributed by atoms with E-state index in [9.17, 15) is 18.7 Å². The van der Waals surface area contributed by atoms with Crippen molar-refractivity contribution in [3.63, 3.8) is 0 Å². The number of aliphatic hydroxyl groups is 1. The number of allylic oxidation sites excluding steroid dienone is 1. The van der Waals surface area contributed by atoms with Gasteiger partial charge in [-0.15, -0.1) is 0 Å². The maximum absolute atomic E-state index is 12.9. The van der Waals surface area contributed by atoms with E-state index in [2.05, 4.69) is 5.32 Å². The van der Waals surface area contributed by atoms with Crippen molar-refractivity contribution in [3.8, 4) is 5.75 Å². The van der Waals surface area contributed by atoms with Crippen LogP contribution in [0.5, 0.6) is 5.75 Å². The molecular weight excluding hydrogens is 280 g/mol. The molecule has 2 N–H and O–H groups in total. The third kappa shape index (κ3) is 4.53. The van der Waals surface area contributed by atoms with E-state index in [4.69, 9.17) is 4.74 Å². The number of hydrogen-bond acceptors (Lipinski definition) is 3. The van der Waals surface area contributed by atoms with Crippen LogP contribution in [0, 0.1) is 11.6 Å². The Kier molecular flexibility index (Phi) is 5.27. The lowest BCUT2D eigenvalue weighted by Crippen LogP contribution is -2.35. The van der Waals surface area contributed by atoms with Gasteiger partial charge in [0.1, 0.15) is 18.5 Å².